The average molecular weight is 372 g/mol. The van der Waals surface area contributed by atoms with E-state index in [4.69, 9.17) is 22.4 Å². The molecule has 1 aromatic heterocycles. The van der Waals surface area contributed by atoms with E-state index in [0.717, 1.165) is 4.88 Å². The lowest BCUT2D eigenvalue weighted by molar-refractivity contribution is -0.118. The number of nitrogens with two attached hydrogens (primary N) is 1. The minimum Gasteiger partial charge on any atom is -0.395 e. The van der Waals surface area contributed by atoms with Crippen molar-refractivity contribution in [3.05, 3.63) is 51.4 Å². The molecule has 1 heterocycles. The van der Waals surface area contributed by atoms with Crippen molar-refractivity contribution >= 4 is 34.5 Å². The van der Waals surface area contributed by atoms with Crippen LogP contribution in [0.15, 0.2) is 35.7 Å². The summed E-state index contributed by atoms with van der Waals surface area (Å²) in [4.78, 5) is 13.5. The molecule has 130 valence electrons. The van der Waals surface area contributed by atoms with Crippen LogP contribution >= 0.6 is 22.9 Å². The van der Waals surface area contributed by atoms with Crippen LogP contribution in [0, 0.1) is 5.82 Å². The average Bonchev–Trinajstić information content (AvgIpc) is 3.09. The molecule has 1 aromatic carbocycles. The van der Waals surface area contributed by atoms with E-state index in [-0.39, 0.29) is 30.1 Å². The first-order chi connectivity index (χ1) is 11.5. The molecule has 0 fully saturated rings. The second kappa shape index (κ2) is 9.10. The number of benzene rings is 1. The fraction of sp³-hybridized carbons (Fsp3) is 0.312. The van der Waals surface area contributed by atoms with Crippen molar-refractivity contribution in [2.45, 2.75) is 18.5 Å². The van der Waals surface area contributed by atoms with Crippen LogP contribution in [0.2, 0.25) is 5.02 Å². The lowest BCUT2D eigenvalue weighted by atomic mass is 10.1. The number of hydrogen-bond donors (Lipinski definition) is 4. The van der Waals surface area contributed by atoms with Gasteiger partial charge in [0.1, 0.15) is 5.82 Å². The van der Waals surface area contributed by atoms with Crippen LogP contribution in [-0.2, 0) is 4.79 Å². The van der Waals surface area contributed by atoms with Gasteiger partial charge in [0.25, 0.3) is 0 Å². The lowest BCUT2D eigenvalue weighted by Crippen LogP contribution is -2.43. The Kier molecular flexibility index (Phi) is 7.14. The minimum atomic E-state index is -0.599. The van der Waals surface area contributed by atoms with E-state index in [1.54, 1.807) is 0 Å². The molecule has 8 heteroatoms. The molecule has 0 aliphatic carbocycles. The van der Waals surface area contributed by atoms with Crippen LogP contribution in [0.5, 0.6) is 0 Å². The predicted octanol–water partition coefficient (Wildman–Crippen LogP) is 2.52. The Labute approximate surface area is 148 Å². The predicted molar refractivity (Wildman–Crippen MR) is 94.8 cm³/mol. The Hall–Kier alpha value is -1.51. The van der Waals surface area contributed by atoms with Crippen molar-refractivity contribution in [3.8, 4) is 0 Å². The van der Waals surface area contributed by atoms with Gasteiger partial charge in [-0.2, -0.15) is 0 Å². The van der Waals surface area contributed by atoms with Gasteiger partial charge in [-0.05, 0) is 36.1 Å². The molecule has 2 rings (SSSR count). The summed E-state index contributed by atoms with van der Waals surface area (Å²) in [6.07, 6.45) is 0.362. The van der Waals surface area contributed by atoms with Crippen LogP contribution < -0.4 is 16.4 Å². The maximum atomic E-state index is 13.2. The minimum absolute atomic E-state index is 0.0667. The molecule has 2 aromatic rings. The van der Waals surface area contributed by atoms with E-state index >= 15 is 0 Å². The van der Waals surface area contributed by atoms with Gasteiger partial charge in [-0.1, -0.05) is 17.7 Å². The van der Waals surface area contributed by atoms with Gasteiger partial charge in [-0.3, -0.25) is 4.79 Å². The second-order valence-electron chi connectivity index (χ2n) is 5.21. The molecule has 0 saturated carbocycles. The Bertz CT molecular complexity index is 669. The van der Waals surface area contributed by atoms with Crippen LogP contribution in [-0.4, -0.2) is 30.2 Å². The van der Waals surface area contributed by atoms with Gasteiger partial charge < -0.3 is 21.5 Å². The highest BCUT2D eigenvalue weighted by Crippen LogP contribution is 2.22. The van der Waals surface area contributed by atoms with Gasteiger partial charge in [0.05, 0.1) is 17.7 Å². The number of aliphatic hydroxyl groups excluding tert-OH is 1. The third-order valence-corrected chi connectivity index (χ3v) is 4.70. The number of halogens is 2. The van der Waals surface area contributed by atoms with Crippen LogP contribution in [0.1, 0.15) is 17.3 Å². The first kappa shape index (κ1) is 18.8. The zero-order valence-electron chi connectivity index (χ0n) is 12.8. The number of carbonyl (C=O) groups excluding carboxylic acids is 1. The number of thiophene rings is 1. The molecule has 0 aliphatic rings. The maximum absolute atomic E-state index is 13.2. The number of hydrogen-bond acceptors (Lipinski definition) is 5. The topological polar surface area (TPSA) is 87.4 Å². The van der Waals surface area contributed by atoms with Gasteiger partial charge in [-0.15, -0.1) is 11.3 Å². The Morgan fingerprint density at radius 2 is 2.21 bits per heavy atom. The Morgan fingerprint density at radius 3 is 2.83 bits per heavy atom. The van der Waals surface area contributed by atoms with Gasteiger partial charge in [-0.25, -0.2) is 4.39 Å². The summed E-state index contributed by atoms with van der Waals surface area (Å²) in [5.41, 5.74) is 6.54. The summed E-state index contributed by atoms with van der Waals surface area (Å²) in [6.45, 7) is 0.166. The van der Waals surface area contributed by atoms with Gasteiger partial charge >= 0.3 is 0 Å². The van der Waals surface area contributed by atoms with Crippen LogP contribution in [0.4, 0.5) is 10.1 Å². The van der Waals surface area contributed by atoms with Crippen LogP contribution in [0.3, 0.4) is 0 Å². The second-order valence-corrected chi connectivity index (χ2v) is 6.59. The summed E-state index contributed by atoms with van der Waals surface area (Å²) >= 11 is 7.24. The van der Waals surface area contributed by atoms with E-state index in [2.05, 4.69) is 10.6 Å². The maximum Gasteiger partial charge on any atom is 0.241 e. The molecule has 5 N–H and O–H groups in total. The van der Waals surface area contributed by atoms with Crippen molar-refractivity contribution in [1.82, 2.24) is 5.32 Å². The molecule has 24 heavy (non-hydrogen) atoms. The highest BCUT2D eigenvalue weighted by atomic mass is 35.5. The van der Waals surface area contributed by atoms with Crippen molar-refractivity contribution in [1.29, 1.82) is 0 Å². The number of rotatable bonds is 8. The zero-order chi connectivity index (χ0) is 17.5. The molecular weight excluding hydrogens is 353 g/mol. The van der Waals surface area contributed by atoms with Gasteiger partial charge in [0.2, 0.25) is 5.91 Å². The quantitative estimate of drug-likeness (QED) is 0.574. The fourth-order valence-corrected chi connectivity index (χ4v) is 3.12. The highest BCUT2D eigenvalue weighted by Gasteiger charge is 2.22. The molecule has 2 unspecified atom stereocenters. The normalized spacial score (nSPS) is 13.5. The smallest absolute Gasteiger partial charge is 0.241 e. The summed E-state index contributed by atoms with van der Waals surface area (Å²) < 4.78 is 13.2. The van der Waals surface area contributed by atoms with Gasteiger partial charge in [0, 0.05) is 23.2 Å². The molecule has 0 spiro atoms. The van der Waals surface area contributed by atoms with E-state index < -0.39 is 11.9 Å². The Balaban J connectivity index is 2.05. The molecule has 1 amide bonds. The number of aliphatic hydroxyl groups is 1. The summed E-state index contributed by atoms with van der Waals surface area (Å²) in [7, 11) is 0. The van der Waals surface area contributed by atoms with Crippen molar-refractivity contribution in [2.24, 2.45) is 5.73 Å². The third kappa shape index (κ3) is 5.25. The zero-order valence-corrected chi connectivity index (χ0v) is 14.4. The number of anilines is 1. The number of carbonyl (C=O) groups is 1. The summed E-state index contributed by atoms with van der Waals surface area (Å²) in [6, 6.07) is 6.87. The third-order valence-electron chi connectivity index (χ3n) is 3.40. The monoisotopic (exact) mass is 371 g/mol. The molecule has 0 saturated heterocycles. The highest BCUT2D eigenvalue weighted by molar-refractivity contribution is 7.10. The summed E-state index contributed by atoms with van der Waals surface area (Å²) in [5.74, 6) is -0.873. The van der Waals surface area contributed by atoms with E-state index in [9.17, 15) is 9.18 Å². The fourth-order valence-electron chi connectivity index (χ4n) is 2.20. The van der Waals surface area contributed by atoms with E-state index in [1.807, 2.05) is 17.5 Å². The molecule has 0 aliphatic heterocycles. The largest absolute Gasteiger partial charge is 0.395 e. The van der Waals surface area contributed by atoms with Gasteiger partial charge in [0.15, 0.2) is 0 Å². The molecular formula is C16H19ClFN3O2S. The first-order valence-electron chi connectivity index (χ1n) is 7.40. The van der Waals surface area contributed by atoms with Crippen molar-refractivity contribution < 1.29 is 14.3 Å². The van der Waals surface area contributed by atoms with E-state index in [1.165, 1.54) is 29.5 Å². The Morgan fingerprint density at radius 1 is 1.42 bits per heavy atom. The van der Waals surface area contributed by atoms with Crippen LogP contribution in [0.25, 0.3) is 0 Å². The van der Waals surface area contributed by atoms with E-state index in [0.29, 0.717) is 12.1 Å². The standard InChI is InChI=1S/C16H19ClFN3O2S/c17-11-8-10(3-4-12(11)18)21-16(23)14(20-5-6-22)9-13(19)15-2-1-7-24-15/h1-4,7-8,13-14,20,22H,5-6,9,19H2,(H,21,23). The number of amides is 1. The molecule has 0 radical (unpaired) electrons. The molecule has 2 atom stereocenters. The van der Waals surface area contributed by atoms with Crippen molar-refractivity contribution in [2.75, 3.05) is 18.5 Å². The summed E-state index contributed by atoms with van der Waals surface area (Å²) in [5, 5.41) is 16.5. The first-order valence-corrected chi connectivity index (χ1v) is 8.66. The number of nitrogens with one attached hydrogen (secondary N) is 2. The van der Waals surface area contributed by atoms with Crippen molar-refractivity contribution in [3.63, 3.8) is 0 Å². The molecule has 0 bridgehead atoms. The SMILES string of the molecule is NC(CC(NCCO)C(=O)Nc1ccc(F)c(Cl)c1)c1cccs1. The molecule has 5 nitrogen and oxygen atoms in total. The lowest BCUT2D eigenvalue weighted by Gasteiger charge is -2.21.